The maximum Gasteiger partial charge on any atom is 0.204 e. The third-order valence-electron chi connectivity index (χ3n) is 6.08. The highest BCUT2D eigenvalue weighted by Crippen LogP contribution is 2.47. The second kappa shape index (κ2) is 8.48. The van der Waals surface area contributed by atoms with Crippen LogP contribution >= 0.6 is 11.3 Å². The molecule has 0 saturated carbocycles. The van der Waals surface area contributed by atoms with Crippen molar-refractivity contribution in [2.45, 2.75) is 0 Å². The maximum atomic E-state index is 5.64. The van der Waals surface area contributed by atoms with Gasteiger partial charge in [-0.15, -0.1) is 11.3 Å². The van der Waals surface area contributed by atoms with Gasteiger partial charge in [-0.3, -0.25) is 4.57 Å². The van der Waals surface area contributed by atoms with Crippen LogP contribution in [0.25, 0.3) is 48.6 Å². The van der Waals surface area contributed by atoms with Gasteiger partial charge in [-0.2, -0.15) is 0 Å². The van der Waals surface area contributed by atoms with Crippen LogP contribution in [0.3, 0.4) is 0 Å². The summed E-state index contributed by atoms with van der Waals surface area (Å²) in [5.74, 6) is 1.79. The summed E-state index contributed by atoms with van der Waals surface area (Å²) >= 11 is 1.56. The molecule has 174 valence electrons. The van der Waals surface area contributed by atoms with E-state index in [0.29, 0.717) is 17.2 Å². The third-order valence-corrected chi connectivity index (χ3v) is 7.20. The second-order valence-electron chi connectivity index (χ2n) is 7.96. The van der Waals surface area contributed by atoms with Gasteiger partial charge < -0.3 is 19.2 Å². The van der Waals surface area contributed by atoms with Gasteiger partial charge in [0.05, 0.1) is 45.1 Å². The van der Waals surface area contributed by atoms with Crippen LogP contribution in [0.4, 0.5) is 0 Å². The number of aromatic nitrogens is 4. The molecule has 0 aliphatic carbocycles. The van der Waals surface area contributed by atoms with Crippen LogP contribution in [0.1, 0.15) is 0 Å². The molecule has 3 heterocycles. The molecule has 0 aliphatic heterocycles. The molecule has 35 heavy (non-hydrogen) atoms. The minimum atomic E-state index is 0.568. The van der Waals surface area contributed by atoms with Crippen LogP contribution in [-0.4, -0.2) is 40.8 Å². The van der Waals surface area contributed by atoms with Crippen LogP contribution in [0.5, 0.6) is 17.2 Å². The van der Waals surface area contributed by atoms with Crippen molar-refractivity contribution in [3.8, 4) is 44.8 Å². The number of rotatable bonds is 6. The van der Waals surface area contributed by atoms with Gasteiger partial charge in [0.1, 0.15) is 9.71 Å². The molecule has 6 rings (SSSR count). The molecule has 8 heteroatoms. The highest BCUT2D eigenvalue weighted by Gasteiger charge is 2.20. The third kappa shape index (κ3) is 3.41. The van der Waals surface area contributed by atoms with E-state index in [2.05, 4.69) is 50.9 Å². The zero-order valence-electron chi connectivity index (χ0n) is 19.4. The summed E-state index contributed by atoms with van der Waals surface area (Å²) in [5, 5.41) is 2.06. The lowest BCUT2D eigenvalue weighted by Crippen LogP contribution is -1.95. The van der Waals surface area contributed by atoms with E-state index in [-0.39, 0.29) is 0 Å². The van der Waals surface area contributed by atoms with Crippen LogP contribution in [0.15, 0.2) is 73.3 Å². The van der Waals surface area contributed by atoms with Crippen molar-refractivity contribution in [3.63, 3.8) is 0 Å². The lowest BCUT2D eigenvalue weighted by Gasteiger charge is -2.11. The Kier molecular flexibility index (Phi) is 5.15. The number of methoxy groups -OCH3 is 3. The van der Waals surface area contributed by atoms with E-state index in [4.69, 9.17) is 19.2 Å². The number of nitrogens with one attached hydrogen (secondary N) is 1. The summed E-state index contributed by atoms with van der Waals surface area (Å²) < 4.78 is 19.7. The predicted molar refractivity (Wildman–Crippen MR) is 139 cm³/mol. The Morgan fingerprint density at radius 3 is 2.49 bits per heavy atom. The van der Waals surface area contributed by atoms with Crippen LogP contribution in [0.2, 0.25) is 0 Å². The minimum absolute atomic E-state index is 0.568. The Hall–Kier alpha value is -4.30. The molecule has 0 amide bonds. The van der Waals surface area contributed by atoms with Crippen molar-refractivity contribution in [3.05, 3.63) is 73.3 Å². The van der Waals surface area contributed by atoms with Crippen LogP contribution in [-0.2, 0) is 0 Å². The van der Waals surface area contributed by atoms with Crippen molar-refractivity contribution < 1.29 is 14.2 Å². The first-order chi connectivity index (χ1) is 17.2. The molecule has 0 fully saturated rings. The summed E-state index contributed by atoms with van der Waals surface area (Å²) in [6, 6.07) is 18.5. The highest BCUT2D eigenvalue weighted by atomic mass is 32.1. The number of aromatic amines is 1. The van der Waals surface area contributed by atoms with Crippen molar-refractivity contribution in [1.82, 2.24) is 19.5 Å². The second-order valence-corrected chi connectivity index (χ2v) is 8.96. The summed E-state index contributed by atoms with van der Waals surface area (Å²) in [7, 11) is 4.84. The van der Waals surface area contributed by atoms with Crippen molar-refractivity contribution in [1.29, 1.82) is 0 Å². The maximum absolute atomic E-state index is 5.64. The van der Waals surface area contributed by atoms with Gasteiger partial charge >= 0.3 is 0 Å². The molecule has 0 radical (unpaired) electrons. The number of thiazole rings is 1. The van der Waals surface area contributed by atoms with E-state index in [0.717, 1.165) is 43.2 Å². The van der Waals surface area contributed by atoms with Crippen LogP contribution in [0, 0.1) is 0 Å². The first-order valence-corrected chi connectivity index (χ1v) is 11.8. The fourth-order valence-corrected chi connectivity index (χ4v) is 5.47. The summed E-state index contributed by atoms with van der Waals surface area (Å²) in [6.45, 7) is 0. The quantitative estimate of drug-likeness (QED) is 0.301. The van der Waals surface area contributed by atoms with Gasteiger partial charge in [0.15, 0.2) is 11.5 Å². The van der Waals surface area contributed by atoms with Gasteiger partial charge in [-0.25, -0.2) is 9.97 Å². The number of para-hydroxylation sites is 1. The van der Waals surface area contributed by atoms with Gasteiger partial charge in [0.25, 0.3) is 0 Å². The molecule has 0 aliphatic rings. The minimum Gasteiger partial charge on any atom is -0.493 e. The predicted octanol–water partition coefficient (Wildman–Crippen LogP) is 6.32. The molecule has 3 aromatic heterocycles. The molecular formula is C27H22N4O3S. The van der Waals surface area contributed by atoms with Gasteiger partial charge in [0.2, 0.25) is 5.75 Å². The van der Waals surface area contributed by atoms with Crippen molar-refractivity contribution >= 4 is 32.5 Å². The summed E-state index contributed by atoms with van der Waals surface area (Å²) in [6.07, 6.45) is 5.76. The smallest absolute Gasteiger partial charge is 0.204 e. The molecule has 0 spiro atoms. The van der Waals surface area contributed by atoms with Crippen molar-refractivity contribution in [2.24, 2.45) is 0 Å². The Labute approximate surface area is 205 Å². The lowest BCUT2D eigenvalue weighted by atomic mass is 10.1. The molecule has 0 saturated heterocycles. The monoisotopic (exact) mass is 482 g/mol. The Morgan fingerprint density at radius 1 is 0.914 bits per heavy atom. The Balaban J connectivity index is 1.39. The molecule has 0 unspecified atom stereocenters. The van der Waals surface area contributed by atoms with E-state index in [1.54, 1.807) is 32.7 Å². The fraction of sp³-hybridized carbons (Fsp3) is 0.111. The standard InChI is InChI=1S/C27H22N4O3S/c1-32-23-12-21-26(25(34-3)24(23)33-2)35-27(30-21)16-8-10-17(11-9-16)31-15-28-14-22(31)19-13-29-20-7-5-4-6-18(19)20/h4-15,29H,1-3H3. The number of nitrogens with zero attached hydrogens (tertiary/aromatic N) is 3. The first-order valence-electron chi connectivity index (χ1n) is 11.0. The molecule has 0 atom stereocenters. The molecule has 3 aromatic carbocycles. The number of hydrogen-bond donors (Lipinski definition) is 1. The topological polar surface area (TPSA) is 74.2 Å². The average Bonchev–Trinajstić information content (AvgIpc) is 3.65. The van der Waals surface area contributed by atoms with E-state index in [1.807, 2.05) is 36.9 Å². The zero-order valence-corrected chi connectivity index (χ0v) is 20.2. The van der Waals surface area contributed by atoms with Gasteiger partial charge in [0, 0.05) is 40.0 Å². The molecule has 1 N–H and O–H groups in total. The van der Waals surface area contributed by atoms with Gasteiger partial charge in [-0.05, 0) is 30.3 Å². The molecule has 7 nitrogen and oxygen atoms in total. The number of imidazole rings is 1. The SMILES string of the molecule is COc1cc2nc(-c3ccc(-n4cncc4-c4c[nH]c5ccccc45)cc3)sc2c(OC)c1OC. The fourth-order valence-electron chi connectivity index (χ4n) is 4.40. The average molecular weight is 483 g/mol. The van der Waals surface area contributed by atoms with E-state index in [1.165, 1.54) is 5.39 Å². The highest BCUT2D eigenvalue weighted by molar-refractivity contribution is 7.22. The lowest BCUT2D eigenvalue weighted by molar-refractivity contribution is 0.327. The number of fused-ring (bicyclic) bond motifs is 2. The largest absolute Gasteiger partial charge is 0.493 e. The zero-order chi connectivity index (χ0) is 23.9. The summed E-state index contributed by atoms with van der Waals surface area (Å²) in [5.41, 5.74) is 6.09. The molecule has 6 aromatic rings. The van der Waals surface area contributed by atoms with Crippen LogP contribution < -0.4 is 14.2 Å². The number of H-pyrrole nitrogens is 1. The number of ether oxygens (including phenoxy) is 3. The Bertz CT molecular complexity index is 1660. The molecule has 0 bridgehead atoms. The number of hydrogen-bond acceptors (Lipinski definition) is 6. The summed E-state index contributed by atoms with van der Waals surface area (Å²) in [4.78, 5) is 12.6. The number of benzene rings is 3. The normalized spacial score (nSPS) is 11.3. The Morgan fingerprint density at radius 2 is 1.71 bits per heavy atom. The van der Waals surface area contributed by atoms with E-state index < -0.39 is 0 Å². The van der Waals surface area contributed by atoms with Crippen molar-refractivity contribution in [2.75, 3.05) is 21.3 Å². The molecular weight excluding hydrogens is 460 g/mol. The first kappa shape index (κ1) is 21.2. The van der Waals surface area contributed by atoms with Gasteiger partial charge in [-0.1, -0.05) is 18.2 Å². The van der Waals surface area contributed by atoms with E-state index >= 15 is 0 Å². The van der Waals surface area contributed by atoms with E-state index in [9.17, 15) is 0 Å².